The molecule has 16 heavy (non-hydrogen) atoms. The van der Waals surface area contributed by atoms with Gasteiger partial charge in [0.2, 0.25) is 0 Å². The summed E-state index contributed by atoms with van der Waals surface area (Å²) in [6, 6.07) is 0. The molecule has 1 unspecified atom stereocenters. The van der Waals surface area contributed by atoms with Crippen LogP contribution in [0.3, 0.4) is 0 Å². The van der Waals surface area contributed by atoms with Crippen LogP contribution >= 0.6 is 0 Å². The molecule has 0 spiro atoms. The lowest BCUT2D eigenvalue weighted by atomic mass is 9.98. The number of oxazole rings is 1. The van der Waals surface area contributed by atoms with Crippen molar-refractivity contribution in [1.29, 1.82) is 0 Å². The number of hydrogen-bond donors (Lipinski definition) is 1. The summed E-state index contributed by atoms with van der Waals surface area (Å²) in [6.45, 7) is 3.80. The minimum atomic E-state index is 0.480. The van der Waals surface area contributed by atoms with Crippen LogP contribution in [0.1, 0.15) is 42.7 Å². The van der Waals surface area contributed by atoms with Crippen molar-refractivity contribution < 1.29 is 9.15 Å². The fourth-order valence-corrected chi connectivity index (χ4v) is 2.53. The Balaban J connectivity index is 1.71. The first-order chi connectivity index (χ1) is 7.93. The van der Waals surface area contributed by atoms with Crippen LogP contribution in [0.25, 0.3) is 0 Å². The predicted molar refractivity (Wildman–Crippen MR) is 59.5 cm³/mol. The molecule has 0 aliphatic carbocycles. The maximum Gasteiger partial charge on any atom is 0.198 e. The SMILES string of the molecule is c1nc(C2CCNC2)oc1C1CCOCC1. The first-order valence-corrected chi connectivity index (χ1v) is 6.17. The largest absolute Gasteiger partial charge is 0.445 e. The van der Waals surface area contributed by atoms with Crippen LogP contribution in [-0.2, 0) is 4.74 Å². The lowest BCUT2D eigenvalue weighted by Crippen LogP contribution is -2.13. The first-order valence-electron chi connectivity index (χ1n) is 6.17. The zero-order chi connectivity index (χ0) is 10.8. The minimum Gasteiger partial charge on any atom is -0.445 e. The minimum absolute atomic E-state index is 0.480. The Bertz CT molecular complexity index is 339. The van der Waals surface area contributed by atoms with Gasteiger partial charge < -0.3 is 14.5 Å². The average Bonchev–Trinajstić information content (AvgIpc) is 3.01. The zero-order valence-corrected chi connectivity index (χ0v) is 9.45. The molecule has 3 heterocycles. The van der Waals surface area contributed by atoms with Gasteiger partial charge in [0.05, 0.1) is 6.20 Å². The fraction of sp³-hybridized carbons (Fsp3) is 0.750. The van der Waals surface area contributed by atoms with Gasteiger partial charge in [0.25, 0.3) is 0 Å². The van der Waals surface area contributed by atoms with Crippen molar-refractivity contribution in [3.8, 4) is 0 Å². The van der Waals surface area contributed by atoms with Crippen molar-refractivity contribution >= 4 is 0 Å². The molecule has 0 aromatic carbocycles. The van der Waals surface area contributed by atoms with Crippen molar-refractivity contribution in [2.75, 3.05) is 26.3 Å². The van der Waals surface area contributed by atoms with Crippen LogP contribution in [0.2, 0.25) is 0 Å². The molecule has 1 atom stereocenters. The third kappa shape index (κ3) is 1.99. The Kier molecular flexibility index (Phi) is 2.93. The van der Waals surface area contributed by atoms with E-state index in [9.17, 15) is 0 Å². The molecule has 3 rings (SSSR count). The highest BCUT2D eigenvalue weighted by molar-refractivity contribution is 5.06. The second kappa shape index (κ2) is 4.55. The summed E-state index contributed by atoms with van der Waals surface area (Å²) in [4.78, 5) is 4.43. The van der Waals surface area contributed by atoms with E-state index in [1.807, 2.05) is 6.20 Å². The number of ether oxygens (including phenoxy) is 1. The highest BCUT2D eigenvalue weighted by Gasteiger charge is 2.24. The van der Waals surface area contributed by atoms with Gasteiger partial charge in [0, 0.05) is 31.6 Å². The zero-order valence-electron chi connectivity index (χ0n) is 9.45. The van der Waals surface area contributed by atoms with E-state index in [2.05, 4.69) is 10.3 Å². The predicted octanol–water partition coefficient (Wildman–Crippen LogP) is 1.65. The van der Waals surface area contributed by atoms with E-state index in [4.69, 9.17) is 9.15 Å². The molecule has 1 aromatic rings. The van der Waals surface area contributed by atoms with Gasteiger partial charge in [-0.3, -0.25) is 0 Å². The van der Waals surface area contributed by atoms with Crippen LogP contribution < -0.4 is 5.32 Å². The van der Waals surface area contributed by atoms with E-state index in [1.165, 1.54) is 0 Å². The maximum atomic E-state index is 5.90. The van der Waals surface area contributed by atoms with Crippen LogP contribution in [0, 0.1) is 0 Å². The fourth-order valence-electron chi connectivity index (χ4n) is 2.53. The van der Waals surface area contributed by atoms with E-state index in [0.717, 1.165) is 57.2 Å². The van der Waals surface area contributed by atoms with Gasteiger partial charge in [-0.1, -0.05) is 0 Å². The smallest absolute Gasteiger partial charge is 0.198 e. The second-order valence-corrected chi connectivity index (χ2v) is 4.68. The summed E-state index contributed by atoms with van der Waals surface area (Å²) in [5.74, 6) is 2.98. The Morgan fingerprint density at radius 3 is 2.81 bits per heavy atom. The van der Waals surface area contributed by atoms with E-state index >= 15 is 0 Å². The molecular weight excluding hydrogens is 204 g/mol. The lowest BCUT2D eigenvalue weighted by Gasteiger charge is -2.19. The lowest BCUT2D eigenvalue weighted by molar-refractivity contribution is 0.0803. The summed E-state index contributed by atoms with van der Waals surface area (Å²) < 4.78 is 11.3. The van der Waals surface area contributed by atoms with Crippen LogP contribution in [-0.4, -0.2) is 31.3 Å². The Morgan fingerprint density at radius 1 is 1.19 bits per heavy atom. The number of nitrogens with one attached hydrogen (secondary N) is 1. The monoisotopic (exact) mass is 222 g/mol. The molecule has 1 aromatic heterocycles. The summed E-state index contributed by atoms with van der Waals surface area (Å²) >= 11 is 0. The molecule has 2 saturated heterocycles. The van der Waals surface area contributed by atoms with E-state index in [1.54, 1.807) is 0 Å². The van der Waals surface area contributed by atoms with E-state index < -0.39 is 0 Å². The highest BCUT2D eigenvalue weighted by atomic mass is 16.5. The number of aromatic nitrogens is 1. The van der Waals surface area contributed by atoms with Crippen molar-refractivity contribution in [2.45, 2.75) is 31.1 Å². The van der Waals surface area contributed by atoms with Gasteiger partial charge in [-0.25, -0.2) is 4.98 Å². The molecule has 0 bridgehead atoms. The quantitative estimate of drug-likeness (QED) is 0.826. The molecular formula is C12H18N2O2. The Hall–Kier alpha value is -0.870. The summed E-state index contributed by atoms with van der Waals surface area (Å²) in [6.07, 6.45) is 5.20. The Labute approximate surface area is 95.4 Å². The van der Waals surface area contributed by atoms with E-state index in [0.29, 0.717) is 11.8 Å². The molecule has 0 saturated carbocycles. The molecule has 88 valence electrons. The van der Waals surface area contributed by atoms with Crippen LogP contribution in [0.15, 0.2) is 10.6 Å². The van der Waals surface area contributed by atoms with Crippen LogP contribution in [0.5, 0.6) is 0 Å². The van der Waals surface area contributed by atoms with Gasteiger partial charge in [-0.05, 0) is 25.8 Å². The van der Waals surface area contributed by atoms with Gasteiger partial charge in [0.15, 0.2) is 5.89 Å². The molecule has 2 fully saturated rings. The molecule has 2 aliphatic heterocycles. The maximum absolute atomic E-state index is 5.90. The molecule has 0 radical (unpaired) electrons. The summed E-state index contributed by atoms with van der Waals surface area (Å²) in [7, 11) is 0. The van der Waals surface area contributed by atoms with Crippen molar-refractivity contribution in [2.24, 2.45) is 0 Å². The molecule has 0 amide bonds. The molecule has 4 heteroatoms. The van der Waals surface area contributed by atoms with Crippen molar-refractivity contribution in [3.05, 3.63) is 17.8 Å². The van der Waals surface area contributed by atoms with Crippen LogP contribution in [0.4, 0.5) is 0 Å². The number of nitrogens with zero attached hydrogens (tertiary/aromatic N) is 1. The van der Waals surface area contributed by atoms with Crippen molar-refractivity contribution in [1.82, 2.24) is 10.3 Å². The third-order valence-corrected chi connectivity index (χ3v) is 3.57. The topological polar surface area (TPSA) is 47.3 Å². The Morgan fingerprint density at radius 2 is 2.06 bits per heavy atom. The summed E-state index contributed by atoms with van der Waals surface area (Å²) in [5, 5.41) is 3.34. The average molecular weight is 222 g/mol. The number of hydrogen-bond acceptors (Lipinski definition) is 4. The van der Waals surface area contributed by atoms with Gasteiger partial charge in [-0.2, -0.15) is 0 Å². The van der Waals surface area contributed by atoms with E-state index in [-0.39, 0.29) is 0 Å². The highest BCUT2D eigenvalue weighted by Crippen LogP contribution is 2.30. The molecule has 1 N–H and O–H groups in total. The molecule has 4 nitrogen and oxygen atoms in total. The van der Waals surface area contributed by atoms with Gasteiger partial charge in [0.1, 0.15) is 5.76 Å². The summed E-state index contributed by atoms with van der Waals surface area (Å²) in [5.41, 5.74) is 0. The van der Waals surface area contributed by atoms with Gasteiger partial charge in [-0.15, -0.1) is 0 Å². The van der Waals surface area contributed by atoms with Crippen molar-refractivity contribution in [3.63, 3.8) is 0 Å². The molecule has 2 aliphatic rings. The first kappa shape index (κ1) is 10.3. The standard InChI is InChI=1S/C12H18N2O2/c1-4-13-7-10(1)12-14-8-11(16-12)9-2-5-15-6-3-9/h8-10,13H,1-7H2. The third-order valence-electron chi connectivity index (χ3n) is 3.57. The normalized spacial score (nSPS) is 27.4. The second-order valence-electron chi connectivity index (χ2n) is 4.68. The van der Waals surface area contributed by atoms with Gasteiger partial charge >= 0.3 is 0 Å². The number of rotatable bonds is 2.